The molecule has 1 aromatic rings. The lowest BCUT2D eigenvalue weighted by Crippen LogP contribution is -2.34. The van der Waals surface area contributed by atoms with E-state index in [1.807, 2.05) is 4.68 Å². The third-order valence-corrected chi connectivity index (χ3v) is 4.28. The van der Waals surface area contributed by atoms with Crippen molar-refractivity contribution < 1.29 is 0 Å². The standard InChI is InChI=1S/C14H25ClN4/c1-11(2)9-19-14(17-10-18-19)8-16-13-5-3-12(7-15)4-6-13/h10-13,16H,3-9H2,1-2H3. The Kier molecular flexibility index (Phi) is 5.64. The molecule has 2 rings (SSSR count). The number of hydrogen-bond acceptors (Lipinski definition) is 3. The third-order valence-electron chi connectivity index (χ3n) is 3.85. The Morgan fingerprint density at radius 1 is 1.37 bits per heavy atom. The second-order valence-corrected chi connectivity index (χ2v) is 6.31. The summed E-state index contributed by atoms with van der Waals surface area (Å²) >= 11 is 5.91. The molecule has 0 aromatic carbocycles. The van der Waals surface area contributed by atoms with Crippen molar-refractivity contribution in [2.75, 3.05) is 5.88 Å². The minimum atomic E-state index is 0.597. The molecule has 1 aliphatic rings. The molecule has 0 saturated heterocycles. The highest BCUT2D eigenvalue weighted by atomic mass is 35.5. The Hall–Kier alpha value is -0.610. The largest absolute Gasteiger partial charge is 0.307 e. The van der Waals surface area contributed by atoms with Crippen LogP contribution < -0.4 is 5.32 Å². The van der Waals surface area contributed by atoms with E-state index in [0.29, 0.717) is 12.0 Å². The molecule has 0 spiro atoms. The van der Waals surface area contributed by atoms with Crippen molar-refractivity contribution in [3.05, 3.63) is 12.2 Å². The summed E-state index contributed by atoms with van der Waals surface area (Å²) in [6.45, 7) is 6.16. The number of halogens is 1. The van der Waals surface area contributed by atoms with E-state index >= 15 is 0 Å². The SMILES string of the molecule is CC(C)Cn1ncnc1CNC1CCC(CCl)CC1. The van der Waals surface area contributed by atoms with Crippen LogP contribution in [-0.2, 0) is 13.1 Å². The lowest BCUT2D eigenvalue weighted by molar-refractivity contribution is 0.305. The monoisotopic (exact) mass is 284 g/mol. The molecule has 5 heteroatoms. The van der Waals surface area contributed by atoms with Crippen LogP contribution in [0.15, 0.2) is 6.33 Å². The predicted octanol–water partition coefficient (Wildman–Crippen LogP) is 2.82. The van der Waals surface area contributed by atoms with Crippen molar-refractivity contribution >= 4 is 11.6 Å². The van der Waals surface area contributed by atoms with E-state index in [0.717, 1.165) is 30.7 Å². The van der Waals surface area contributed by atoms with E-state index in [2.05, 4.69) is 29.2 Å². The minimum Gasteiger partial charge on any atom is -0.307 e. The first-order chi connectivity index (χ1) is 9.19. The molecule has 1 saturated carbocycles. The third kappa shape index (κ3) is 4.46. The van der Waals surface area contributed by atoms with Crippen molar-refractivity contribution in [2.24, 2.45) is 11.8 Å². The zero-order valence-electron chi connectivity index (χ0n) is 12.0. The molecule has 1 N–H and O–H groups in total. The molecule has 0 aliphatic heterocycles. The van der Waals surface area contributed by atoms with Gasteiger partial charge in [0.25, 0.3) is 0 Å². The smallest absolute Gasteiger partial charge is 0.140 e. The summed E-state index contributed by atoms with van der Waals surface area (Å²) in [5, 5.41) is 7.91. The van der Waals surface area contributed by atoms with Crippen molar-refractivity contribution in [2.45, 2.75) is 58.7 Å². The first kappa shape index (κ1) is 14.8. The average molecular weight is 285 g/mol. The van der Waals surface area contributed by atoms with Gasteiger partial charge in [0.15, 0.2) is 0 Å². The summed E-state index contributed by atoms with van der Waals surface area (Å²) in [6, 6.07) is 0.615. The topological polar surface area (TPSA) is 42.7 Å². The van der Waals surface area contributed by atoms with Gasteiger partial charge in [-0.2, -0.15) is 5.10 Å². The lowest BCUT2D eigenvalue weighted by Gasteiger charge is -2.27. The van der Waals surface area contributed by atoms with Crippen LogP contribution in [0.4, 0.5) is 0 Å². The average Bonchev–Trinajstić information content (AvgIpc) is 2.83. The first-order valence-corrected chi connectivity index (χ1v) is 7.88. The molecular weight excluding hydrogens is 260 g/mol. The molecule has 0 bridgehead atoms. The zero-order valence-corrected chi connectivity index (χ0v) is 12.7. The molecule has 1 heterocycles. The quantitative estimate of drug-likeness (QED) is 0.817. The summed E-state index contributed by atoms with van der Waals surface area (Å²) in [7, 11) is 0. The Bertz CT molecular complexity index is 369. The number of alkyl halides is 1. The summed E-state index contributed by atoms with van der Waals surface area (Å²) in [5.41, 5.74) is 0. The Morgan fingerprint density at radius 2 is 2.11 bits per heavy atom. The van der Waals surface area contributed by atoms with Gasteiger partial charge < -0.3 is 5.32 Å². The van der Waals surface area contributed by atoms with Crippen molar-refractivity contribution in [1.29, 1.82) is 0 Å². The van der Waals surface area contributed by atoms with Gasteiger partial charge in [0.05, 0.1) is 6.54 Å². The van der Waals surface area contributed by atoms with Crippen molar-refractivity contribution in [3.8, 4) is 0 Å². The van der Waals surface area contributed by atoms with E-state index in [1.165, 1.54) is 25.7 Å². The number of hydrogen-bond donors (Lipinski definition) is 1. The predicted molar refractivity (Wildman–Crippen MR) is 78.2 cm³/mol. The fraction of sp³-hybridized carbons (Fsp3) is 0.857. The highest BCUT2D eigenvalue weighted by molar-refractivity contribution is 6.18. The lowest BCUT2D eigenvalue weighted by atomic mass is 9.87. The summed E-state index contributed by atoms with van der Waals surface area (Å²) in [6.07, 6.45) is 6.62. The Labute approximate surface area is 120 Å². The molecular formula is C14H25ClN4. The van der Waals surface area contributed by atoms with Crippen LogP contribution in [0.1, 0.15) is 45.4 Å². The van der Waals surface area contributed by atoms with E-state index in [4.69, 9.17) is 11.6 Å². The fourth-order valence-electron chi connectivity index (χ4n) is 2.68. The molecule has 108 valence electrons. The molecule has 19 heavy (non-hydrogen) atoms. The summed E-state index contributed by atoms with van der Waals surface area (Å²) in [4.78, 5) is 4.35. The number of rotatable bonds is 6. The van der Waals surface area contributed by atoms with Crippen LogP contribution in [0.2, 0.25) is 0 Å². The molecule has 0 amide bonds. The van der Waals surface area contributed by atoms with Crippen LogP contribution in [0.5, 0.6) is 0 Å². The van der Waals surface area contributed by atoms with Gasteiger partial charge in [-0.15, -0.1) is 11.6 Å². The molecule has 0 unspecified atom stereocenters. The van der Waals surface area contributed by atoms with Gasteiger partial charge in [0.2, 0.25) is 0 Å². The van der Waals surface area contributed by atoms with Crippen LogP contribution in [0.25, 0.3) is 0 Å². The van der Waals surface area contributed by atoms with Crippen LogP contribution in [0.3, 0.4) is 0 Å². The Morgan fingerprint density at radius 3 is 2.74 bits per heavy atom. The van der Waals surface area contributed by atoms with Crippen molar-refractivity contribution in [1.82, 2.24) is 20.1 Å². The second-order valence-electron chi connectivity index (χ2n) is 6.01. The fourth-order valence-corrected chi connectivity index (χ4v) is 2.99. The first-order valence-electron chi connectivity index (χ1n) is 7.35. The highest BCUT2D eigenvalue weighted by Gasteiger charge is 2.20. The van der Waals surface area contributed by atoms with Crippen LogP contribution in [-0.4, -0.2) is 26.7 Å². The van der Waals surface area contributed by atoms with Crippen LogP contribution in [0, 0.1) is 11.8 Å². The maximum absolute atomic E-state index is 5.91. The van der Waals surface area contributed by atoms with E-state index in [1.54, 1.807) is 6.33 Å². The van der Waals surface area contributed by atoms with E-state index in [-0.39, 0.29) is 0 Å². The molecule has 1 fully saturated rings. The van der Waals surface area contributed by atoms with E-state index < -0.39 is 0 Å². The van der Waals surface area contributed by atoms with Gasteiger partial charge in [-0.3, -0.25) is 0 Å². The molecule has 1 aliphatic carbocycles. The molecule has 0 radical (unpaired) electrons. The number of aromatic nitrogens is 3. The van der Waals surface area contributed by atoms with Gasteiger partial charge >= 0.3 is 0 Å². The van der Waals surface area contributed by atoms with Crippen molar-refractivity contribution in [3.63, 3.8) is 0 Å². The number of nitrogens with zero attached hydrogens (tertiary/aromatic N) is 3. The minimum absolute atomic E-state index is 0.597. The Balaban J connectivity index is 1.78. The maximum atomic E-state index is 5.91. The zero-order chi connectivity index (χ0) is 13.7. The highest BCUT2D eigenvalue weighted by Crippen LogP contribution is 2.25. The molecule has 4 nitrogen and oxygen atoms in total. The van der Waals surface area contributed by atoms with Gasteiger partial charge in [-0.05, 0) is 37.5 Å². The van der Waals surface area contributed by atoms with Crippen LogP contribution >= 0.6 is 11.6 Å². The van der Waals surface area contributed by atoms with Gasteiger partial charge in [-0.1, -0.05) is 13.8 Å². The van der Waals surface area contributed by atoms with Gasteiger partial charge in [0, 0.05) is 18.5 Å². The van der Waals surface area contributed by atoms with Gasteiger partial charge in [0.1, 0.15) is 12.2 Å². The van der Waals surface area contributed by atoms with E-state index in [9.17, 15) is 0 Å². The normalized spacial score (nSPS) is 24.0. The summed E-state index contributed by atoms with van der Waals surface area (Å²) < 4.78 is 2.02. The molecule has 0 atom stereocenters. The number of nitrogens with one attached hydrogen (secondary N) is 1. The maximum Gasteiger partial charge on any atom is 0.140 e. The van der Waals surface area contributed by atoms with Gasteiger partial charge in [-0.25, -0.2) is 9.67 Å². The summed E-state index contributed by atoms with van der Waals surface area (Å²) in [5.74, 6) is 3.19. The second kappa shape index (κ2) is 7.25. The molecule has 1 aromatic heterocycles.